The molecule has 9 nitrogen and oxygen atoms in total. The minimum Gasteiger partial charge on any atom is -0.454 e. The van der Waals surface area contributed by atoms with Crippen LogP contribution in [0.4, 0.5) is 5.69 Å². The number of amides is 2. The van der Waals surface area contributed by atoms with Crippen LogP contribution in [-0.2, 0) is 26.0 Å². The molecule has 2 aromatic carbocycles. The summed E-state index contributed by atoms with van der Waals surface area (Å²) < 4.78 is 35.4. The van der Waals surface area contributed by atoms with Crippen LogP contribution in [0.1, 0.15) is 5.56 Å². The van der Waals surface area contributed by atoms with Crippen LogP contribution < -0.4 is 14.8 Å². The average molecular weight is 460 g/mol. The lowest BCUT2D eigenvalue weighted by Crippen LogP contribution is -2.50. The molecule has 0 aliphatic carbocycles. The van der Waals surface area contributed by atoms with Gasteiger partial charge in [0.25, 0.3) is 0 Å². The minimum absolute atomic E-state index is 0.233. The zero-order valence-corrected chi connectivity index (χ0v) is 18.3. The second-order valence-corrected chi connectivity index (χ2v) is 9.86. The van der Waals surface area contributed by atoms with Crippen LogP contribution in [0.25, 0.3) is 0 Å². The molecule has 2 aromatic rings. The molecule has 0 spiro atoms. The molecule has 32 heavy (non-hydrogen) atoms. The average Bonchev–Trinajstić information content (AvgIpc) is 3.22. The highest BCUT2D eigenvalue weighted by atomic mass is 32.2. The smallest absolute Gasteiger partial charge is 0.239 e. The number of fused-ring (bicyclic) bond motifs is 1. The fourth-order valence-electron chi connectivity index (χ4n) is 3.70. The highest BCUT2D eigenvalue weighted by Gasteiger charge is 2.27. The molecule has 1 fully saturated rings. The van der Waals surface area contributed by atoms with Gasteiger partial charge in [-0.05, 0) is 29.8 Å². The van der Waals surface area contributed by atoms with Gasteiger partial charge < -0.3 is 19.7 Å². The Morgan fingerprint density at radius 3 is 2.38 bits per heavy atom. The maximum absolute atomic E-state index is 12.5. The van der Waals surface area contributed by atoms with Crippen molar-refractivity contribution in [3.63, 3.8) is 0 Å². The van der Waals surface area contributed by atoms with E-state index >= 15 is 0 Å². The number of carbonyl (C=O) groups excluding carboxylic acids is 2. The van der Waals surface area contributed by atoms with E-state index in [0.717, 1.165) is 17.1 Å². The number of nitrogens with one attached hydrogen (secondary N) is 1. The first kappa shape index (κ1) is 22.1. The fraction of sp³-hybridized carbons (Fsp3) is 0.364. The molecule has 2 amide bonds. The molecule has 1 N–H and O–H groups in total. The third-order valence-corrected chi connectivity index (χ3v) is 6.71. The Balaban J connectivity index is 1.23. The second kappa shape index (κ2) is 9.58. The maximum Gasteiger partial charge on any atom is 0.239 e. The first-order chi connectivity index (χ1) is 15.4. The number of rotatable bonds is 7. The van der Waals surface area contributed by atoms with Crippen LogP contribution in [0.15, 0.2) is 48.5 Å². The lowest BCUT2D eigenvalue weighted by atomic mass is 10.1. The highest BCUT2D eigenvalue weighted by molar-refractivity contribution is 7.92. The third kappa shape index (κ3) is 5.77. The van der Waals surface area contributed by atoms with Gasteiger partial charge in [0.2, 0.25) is 18.6 Å². The Kier molecular flexibility index (Phi) is 6.61. The summed E-state index contributed by atoms with van der Waals surface area (Å²) in [4.78, 5) is 28.3. The molecule has 0 bridgehead atoms. The molecule has 0 atom stereocenters. The Hall–Kier alpha value is -3.11. The number of para-hydroxylation sites is 1. The largest absolute Gasteiger partial charge is 0.454 e. The molecule has 0 radical (unpaired) electrons. The molecule has 2 aliphatic rings. The van der Waals surface area contributed by atoms with Crippen molar-refractivity contribution in [2.45, 2.75) is 6.54 Å². The first-order valence-electron chi connectivity index (χ1n) is 10.3. The van der Waals surface area contributed by atoms with Gasteiger partial charge >= 0.3 is 0 Å². The number of carbonyl (C=O) groups is 2. The molecule has 170 valence electrons. The van der Waals surface area contributed by atoms with Gasteiger partial charge in [0.05, 0.1) is 0 Å². The Bertz CT molecular complexity index is 1080. The van der Waals surface area contributed by atoms with Crippen molar-refractivity contribution in [3.05, 3.63) is 54.1 Å². The molecular weight excluding hydrogens is 434 g/mol. The summed E-state index contributed by atoms with van der Waals surface area (Å²) in [6, 6.07) is 14.4. The monoisotopic (exact) mass is 459 g/mol. The van der Waals surface area contributed by atoms with Crippen molar-refractivity contribution in [3.8, 4) is 11.5 Å². The van der Waals surface area contributed by atoms with Crippen molar-refractivity contribution in [1.82, 2.24) is 9.80 Å². The predicted molar refractivity (Wildman–Crippen MR) is 118 cm³/mol. The molecule has 2 aliphatic heterocycles. The van der Waals surface area contributed by atoms with Crippen LogP contribution in [-0.4, -0.2) is 74.5 Å². The van der Waals surface area contributed by atoms with Crippen molar-refractivity contribution < 1.29 is 27.5 Å². The summed E-state index contributed by atoms with van der Waals surface area (Å²) >= 11 is 0. The van der Waals surface area contributed by atoms with Gasteiger partial charge in [0.15, 0.2) is 21.3 Å². The van der Waals surface area contributed by atoms with Crippen molar-refractivity contribution in [2.75, 3.05) is 49.8 Å². The van der Waals surface area contributed by atoms with E-state index in [1.807, 2.05) is 18.2 Å². The quantitative estimate of drug-likeness (QED) is 0.661. The summed E-state index contributed by atoms with van der Waals surface area (Å²) in [6.45, 7) is 3.08. The zero-order chi connectivity index (χ0) is 22.6. The third-order valence-electron chi connectivity index (χ3n) is 5.32. The molecule has 0 unspecified atom stereocenters. The Morgan fingerprint density at radius 1 is 0.906 bits per heavy atom. The molecule has 10 heteroatoms. The van der Waals surface area contributed by atoms with E-state index in [0.29, 0.717) is 38.4 Å². The molecular formula is C22H25N3O6S. The summed E-state index contributed by atoms with van der Waals surface area (Å²) in [5, 5.41) is 2.53. The van der Waals surface area contributed by atoms with Gasteiger partial charge in [-0.25, -0.2) is 8.42 Å². The Labute approximate surface area is 186 Å². The molecule has 0 aromatic heterocycles. The van der Waals surface area contributed by atoms with Gasteiger partial charge in [-0.3, -0.25) is 14.5 Å². The van der Waals surface area contributed by atoms with Gasteiger partial charge in [-0.1, -0.05) is 24.3 Å². The Morgan fingerprint density at radius 2 is 1.62 bits per heavy atom. The van der Waals surface area contributed by atoms with Crippen LogP contribution in [0.5, 0.6) is 11.5 Å². The minimum atomic E-state index is -3.86. The van der Waals surface area contributed by atoms with Gasteiger partial charge in [-0.15, -0.1) is 0 Å². The highest BCUT2D eigenvalue weighted by Crippen LogP contribution is 2.32. The fourth-order valence-corrected chi connectivity index (χ4v) is 4.83. The van der Waals surface area contributed by atoms with Gasteiger partial charge in [-0.2, -0.15) is 0 Å². The van der Waals surface area contributed by atoms with E-state index in [-0.39, 0.29) is 6.79 Å². The molecule has 4 rings (SSSR count). The summed E-state index contributed by atoms with van der Waals surface area (Å²) in [6.07, 6.45) is 0. The van der Waals surface area contributed by atoms with Crippen LogP contribution in [0.2, 0.25) is 0 Å². The summed E-state index contributed by atoms with van der Waals surface area (Å²) in [5.74, 6) is -1.05. The molecule has 0 saturated carbocycles. The second-order valence-electron chi connectivity index (χ2n) is 7.79. The van der Waals surface area contributed by atoms with Crippen LogP contribution >= 0.6 is 0 Å². The lowest BCUT2D eigenvalue weighted by molar-refractivity contribution is -0.130. The number of nitrogens with zero attached hydrogens (tertiary/aromatic N) is 2. The number of benzene rings is 2. The molecule has 1 saturated heterocycles. The number of piperazine rings is 1. The number of ether oxygens (including phenoxy) is 2. The molecule has 2 heterocycles. The van der Waals surface area contributed by atoms with Crippen molar-refractivity contribution in [2.24, 2.45) is 0 Å². The predicted octanol–water partition coefficient (Wildman–Crippen LogP) is 1.11. The zero-order valence-electron chi connectivity index (χ0n) is 17.5. The number of sulfone groups is 1. The number of hydrogen-bond acceptors (Lipinski definition) is 7. The standard InChI is InChI=1S/C22H25N3O6S/c26-21(23-18-4-2-1-3-5-18)14-32(28,29)15-22(27)25-10-8-24(9-11-25)13-17-6-7-19-20(12-17)31-16-30-19/h1-7,12H,8-11,13-16H2,(H,23,26). The lowest BCUT2D eigenvalue weighted by Gasteiger charge is -2.34. The summed E-state index contributed by atoms with van der Waals surface area (Å²) in [5.41, 5.74) is 1.60. The SMILES string of the molecule is O=C(CS(=O)(=O)CC(=O)N1CCN(Cc2ccc3c(c2)OCO3)CC1)Nc1ccccc1. The van der Waals surface area contributed by atoms with E-state index < -0.39 is 33.2 Å². The van der Waals surface area contributed by atoms with Crippen LogP contribution in [0.3, 0.4) is 0 Å². The van der Waals surface area contributed by atoms with Crippen molar-refractivity contribution >= 4 is 27.3 Å². The number of anilines is 1. The van der Waals surface area contributed by atoms with E-state index in [1.165, 1.54) is 0 Å². The number of hydrogen-bond donors (Lipinski definition) is 1. The van der Waals surface area contributed by atoms with E-state index in [4.69, 9.17) is 9.47 Å². The van der Waals surface area contributed by atoms with E-state index in [9.17, 15) is 18.0 Å². The summed E-state index contributed by atoms with van der Waals surface area (Å²) in [7, 11) is -3.86. The van der Waals surface area contributed by atoms with Crippen molar-refractivity contribution in [1.29, 1.82) is 0 Å². The first-order valence-corrected chi connectivity index (χ1v) is 12.1. The maximum atomic E-state index is 12.5. The van der Waals surface area contributed by atoms with E-state index in [1.54, 1.807) is 35.2 Å². The topological polar surface area (TPSA) is 105 Å². The van der Waals surface area contributed by atoms with E-state index in [2.05, 4.69) is 10.2 Å². The van der Waals surface area contributed by atoms with Crippen LogP contribution in [0, 0.1) is 0 Å². The van der Waals surface area contributed by atoms with Gasteiger partial charge in [0, 0.05) is 38.4 Å². The normalized spacial score (nSPS) is 16.1. The van der Waals surface area contributed by atoms with Gasteiger partial charge in [0.1, 0.15) is 11.5 Å².